The molecule has 0 fully saturated rings. The van der Waals surface area contributed by atoms with E-state index in [0.717, 1.165) is 38.1 Å². The Kier molecular flexibility index (Phi) is 6.32. The van der Waals surface area contributed by atoms with Gasteiger partial charge in [-0.25, -0.2) is 4.98 Å². The van der Waals surface area contributed by atoms with Crippen molar-refractivity contribution >= 4 is 22.7 Å². The van der Waals surface area contributed by atoms with Gasteiger partial charge in [0, 0.05) is 5.56 Å². The third-order valence-electron chi connectivity index (χ3n) is 4.33. The molecule has 4 nitrogen and oxygen atoms in total. The van der Waals surface area contributed by atoms with Crippen LogP contribution in [0, 0.1) is 0 Å². The Bertz CT molecular complexity index is 1060. The minimum absolute atomic E-state index is 0.493. The van der Waals surface area contributed by atoms with Gasteiger partial charge in [-0.3, -0.25) is 5.43 Å². The van der Waals surface area contributed by atoms with Crippen molar-refractivity contribution in [3.63, 3.8) is 0 Å². The smallest absolute Gasteiger partial charge is 0.204 e. The zero-order valence-electron chi connectivity index (χ0n) is 16.4. The Labute approximate surface area is 180 Å². The van der Waals surface area contributed by atoms with Crippen LogP contribution in [-0.4, -0.2) is 17.8 Å². The second kappa shape index (κ2) is 9.67. The maximum Gasteiger partial charge on any atom is 0.204 e. The molecule has 0 amide bonds. The highest BCUT2D eigenvalue weighted by molar-refractivity contribution is 7.19. The number of aromatic nitrogens is 1. The van der Waals surface area contributed by atoms with Crippen LogP contribution >= 0.6 is 11.3 Å². The van der Waals surface area contributed by atoms with E-state index in [9.17, 15) is 0 Å². The van der Waals surface area contributed by atoms with Crippen molar-refractivity contribution < 1.29 is 4.74 Å². The van der Waals surface area contributed by atoms with Crippen molar-refractivity contribution in [3.8, 4) is 27.4 Å². The van der Waals surface area contributed by atoms with Gasteiger partial charge < -0.3 is 4.74 Å². The fourth-order valence-electron chi connectivity index (χ4n) is 2.91. The summed E-state index contributed by atoms with van der Waals surface area (Å²) in [7, 11) is 0. The molecule has 1 N–H and O–H groups in total. The quantitative estimate of drug-likeness (QED) is 0.205. The van der Waals surface area contributed by atoms with Crippen molar-refractivity contribution in [2.45, 2.75) is 0 Å². The Hall–Kier alpha value is -3.70. The van der Waals surface area contributed by atoms with Gasteiger partial charge in [-0.2, -0.15) is 5.10 Å². The van der Waals surface area contributed by atoms with Crippen LogP contribution in [0.5, 0.6) is 5.75 Å². The van der Waals surface area contributed by atoms with Gasteiger partial charge in [-0.05, 0) is 35.4 Å². The van der Waals surface area contributed by atoms with Crippen LogP contribution in [0.4, 0.5) is 5.13 Å². The minimum atomic E-state index is 0.493. The Morgan fingerprint density at radius 1 is 0.900 bits per heavy atom. The summed E-state index contributed by atoms with van der Waals surface area (Å²) in [5.74, 6) is 0.805. The normalized spacial score (nSPS) is 10.8. The van der Waals surface area contributed by atoms with Gasteiger partial charge in [-0.15, -0.1) is 0 Å². The highest BCUT2D eigenvalue weighted by Crippen LogP contribution is 2.38. The second-order valence-corrected chi connectivity index (χ2v) is 7.47. The summed E-state index contributed by atoms with van der Waals surface area (Å²) in [6.07, 6.45) is 3.49. The molecule has 0 unspecified atom stereocenters. The number of benzene rings is 3. The average molecular weight is 412 g/mol. The maximum absolute atomic E-state index is 5.50. The molecule has 1 heterocycles. The number of hydrogen-bond acceptors (Lipinski definition) is 5. The molecule has 0 aliphatic rings. The Morgan fingerprint density at radius 3 is 2.23 bits per heavy atom. The Balaban J connectivity index is 1.54. The largest absolute Gasteiger partial charge is 0.490 e. The van der Waals surface area contributed by atoms with Crippen molar-refractivity contribution in [2.75, 3.05) is 12.0 Å². The number of rotatable bonds is 8. The van der Waals surface area contributed by atoms with Gasteiger partial charge >= 0.3 is 0 Å². The topological polar surface area (TPSA) is 46.5 Å². The van der Waals surface area contributed by atoms with Crippen LogP contribution in [0.1, 0.15) is 5.56 Å². The molecule has 4 rings (SSSR count). The molecule has 1 aromatic heterocycles. The van der Waals surface area contributed by atoms with Crippen molar-refractivity contribution in [3.05, 3.63) is 103 Å². The van der Waals surface area contributed by atoms with Crippen LogP contribution in [0.2, 0.25) is 0 Å². The van der Waals surface area contributed by atoms with E-state index in [1.165, 1.54) is 0 Å². The van der Waals surface area contributed by atoms with Crippen molar-refractivity contribution in [1.29, 1.82) is 0 Å². The van der Waals surface area contributed by atoms with E-state index in [0.29, 0.717) is 6.61 Å². The van der Waals surface area contributed by atoms with E-state index in [1.54, 1.807) is 23.6 Å². The van der Waals surface area contributed by atoms with Crippen LogP contribution in [0.3, 0.4) is 0 Å². The van der Waals surface area contributed by atoms with Crippen LogP contribution in [-0.2, 0) is 0 Å². The molecule has 0 saturated heterocycles. The summed E-state index contributed by atoms with van der Waals surface area (Å²) < 4.78 is 5.50. The van der Waals surface area contributed by atoms with E-state index in [2.05, 4.69) is 41.4 Å². The summed E-state index contributed by atoms with van der Waals surface area (Å²) in [5, 5.41) is 5.11. The first-order chi connectivity index (χ1) is 14.8. The third-order valence-corrected chi connectivity index (χ3v) is 5.34. The Morgan fingerprint density at radius 2 is 1.57 bits per heavy atom. The lowest BCUT2D eigenvalue weighted by atomic mass is 10.1. The molecule has 0 radical (unpaired) electrons. The van der Waals surface area contributed by atoms with E-state index >= 15 is 0 Å². The standard InChI is InChI=1S/C25H21N3OS/c1-2-17-29-22-15-13-19(14-16-22)18-26-28-25-27-23(20-9-5-3-6-10-20)24(30-25)21-11-7-4-8-12-21/h2-16,18H,1,17H2,(H,27,28)/b26-18-. The fraction of sp³-hybridized carbons (Fsp3) is 0.0400. The van der Waals surface area contributed by atoms with E-state index in [4.69, 9.17) is 9.72 Å². The van der Waals surface area contributed by atoms with Crippen LogP contribution < -0.4 is 10.2 Å². The number of hydrogen-bond donors (Lipinski definition) is 1. The number of thiazole rings is 1. The number of hydrazone groups is 1. The number of ether oxygens (including phenoxy) is 1. The van der Waals surface area contributed by atoms with Crippen LogP contribution in [0.25, 0.3) is 21.7 Å². The molecule has 5 heteroatoms. The molecule has 0 aliphatic heterocycles. The molecule has 0 bridgehead atoms. The second-order valence-electron chi connectivity index (χ2n) is 6.47. The summed E-state index contributed by atoms with van der Waals surface area (Å²) >= 11 is 1.59. The molecule has 0 saturated carbocycles. The first kappa shape index (κ1) is 19.6. The minimum Gasteiger partial charge on any atom is -0.490 e. The maximum atomic E-state index is 5.50. The van der Waals surface area contributed by atoms with E-state index < -0.39 is 0 Å². The van der Waals surface area contributed by atoms with E-state index in [-0.39, 0.29) is 0 Å². The molecule has 30 heavy (non-hydrogen) atoms. The van der Waals surface area contributed by atoms with Gasteiger partial charge in [0.05, 0.1) is 16.8 Å². The summed E-state index contributed by atoms with van der Waals surface area (Å²) in [6.45, 7) is 4.14. The zero-order valence-corrected chi connectivity index (χ0v) is 17.2. The first-order valence-electron chi connectivity index (χ1n) is 9.58. The molecule has 0 atom stereocenters. The monoisotopic (exact) mass is 411 g/mol. The van der Waals surface area contributed by atoms with Gasteiger partial charge in [0.15, 0.2) is 0 Å². The fourth-order valence-corrected chi connectivity index (χ4v) is 3.85. The average Bonchev–Trinajstić information content (AvgIpc) is 3.24. The van der Waals surface area contributed by atoms with Crippen molar-refractivity contribution in [1.82, 2.24) is 4.98 Å². The number of nitrogens with zero attached hydrogens (tertiary/aromatic N) is 2. The predicted octanol–water partition coefficient (Wildman–Crippen LogP) is 6.49. The molecule has 148 valence electrons. The van der Waals surface area contributed by atoms with Gasteiger partial charge in [0.1, 0.15) is 12.4 Å². The van der Waals surface area contributed by atoms with Crippen molar-refractivity contribution in [2.24, 2.45) is 5.10 Å². The first-order valence-corrected chi connectivity index (χ1v) is 10.4. The van der Waals surface area contributed by atoms with Gasteiger partial charge in [0.2, 0.25) is 5.13 Å². The third kappa shape index (κ3) is 4.82. The van der Waals surface area contributed by atoms with Crippen LogP contribution in [0.15, 0.2) is 103 Å². The molecule has 3 aromatic carbocycles. The number of nitrogens with one attached hydrogen (secondary N) is 1. The SMILES string of the molecule is C=CCOc1ccc(/C=N\Nc2nc(-c3ccccc3)c(-c3ccccc3)s2)cc1. The molecule has 4 aromatic rings. The number of anilines is 1. The summed E-state index contributed by atoms with van der Waals surface area (Å²) in [6, 6.07) is 28.2. The molecular formula is C25H21N3OS. The predicted molar refractivity (Wildman–Crippen MR) is 126 cm³/mol. The molecular weight excluding hydrogens is 390 g/mol. The lowest BCUT2D eigenvalue weighted by molar-refractivity contribution is 0.363. The van der Waals surface area contributed by atoms with Gasteiger partial charge in [0.25, 0.3) is 0 Å². The molecule has 0 spiro atoms. The highest BCUT2D eigenvalue weighted by Gasteiger charge is 2.14. The summed E-state index contributed by atoms with van der Waals surface area (Å²) in [4.78, 5) is 5.91. The zero-order chi connectivity index (χ0) is 20.6. The lowest BCUT2D eigenvalue weighted by Gasteiger charge is -2.02. The lowest BCUT2D eigenvalue weighted by Crippen LogP contribution is -1.93. The highest BCUT2D eigenvalue weighted by atomic mass is 32.1. The molecule has 0 aliphatic carbocycles. The van der Waals surface area contributed by atoms with E-state index in [1.807, 2.05) is 60.7 Å². The summed E-state index contributed by atoms with van der Waals surface area (Å²) in [5.41, 5.74) is 7.22. The van der Waals surface area contributed by atoms with Gasteiger partial charge in [-0.1, -0.05) is 84.7 Å².